The number of benzene rings is 1. The minimum atomic E-state index is -4.24. The van der Waals surface area contributed by atoms with Gasteiger partial charge in [-0.1, -0.05) is 13.8 Å². The zero-order chi connectivity index (χ0) is 22.5. The number of carbonyl (C=O) groups excluding carboxylic acids is 1. The van der Waals surface area contributed by atoms with Crippen LogP contribution in [0, 0.1) is 5.92 Å². The van der Waals surface area contributed by atoms with Crippen molar-refractivity contribution >= 4 is 41.5 Å². The average molecular weight is 481 g/mol. The van der Waals surface area contributed by atoms with E-state index in [4.69, 9.17) is 4.74 Å². The number of sulfone groups is 1. The second kappa shape index (κ2) is 7.77. The lowest BCUT2D eigenvalue weighted by Crippen LogP contribution is -2.41. The van der Waals surface area contributed by atoms with E-state index in [-0.39, 0.29) is 46.6 Å². The van der Waals surface area contributed by atoms with E-state index >= 15 is 0 Å². The summed E-state index contributed by atoms with van der Waals surface area (Å²) in [7, 11) is -10.2. The molecule has 2 atom stereocenters. The van der Waals surface area contributed by atoms with Gasteiger partial charge in [-0.25, -0.2) is 29.6 Å². The molecule has 0 N–H and O–H groups in total. The van der Waals surface area contributed by atoms with Gasteiger partial charge in [-0.2, -0.15) is 4.31 Å². The van der Waals surface area contributed by atoms with Crippen LogP contribution < -0.4 is 9.04 Å². The van der Waals surface area contributed by atoms with Gasteiger partial charge in [0.2, 0.25) is 26.0 Å². The summed E-state index contributed by atoms with van der Waals surface area (Å²) in [6.45, 7) is 3.10. The van der Waals surface area contributed by atoms with Gasteiger partial charge in [-0.15, -0.1) is 0 Å². The molecular formula is C17H24N2O8S3. The molecule has 0 bridgehead atoms. The maximum absolute atomic E-state index is 13.4. The number of nitrogens with zero attached hydrogens (tertiary/aromatic N) is 2. The molecule has 0 spiro atoms. The van der Waals surface area contributed by atoms with E-state index in [2.05, 4.69) is 0 Å². The van der Waals surface area contributed by atoms with Gasteiger partial charge in [0.05, 0.1) is 36.0 Å². The molecule has 1 amide bonds. The van der Waals surface area contributed by atoms with E-state index in [0.29, 0.717) is 4.31 Å². The van der Waals surface area contributed by atoms with Crippen molar-refractivity contribution in [1.82, 2.24) is 4.31 Å². The first kappa shape index (κ1) is 23.0. The van der Waals surface area contributed by atoms with E-state index in [0.717, 1.165) is 10.4 Å². The molecule has 168 valence electrons. The summed E-state index contributed by atoms with van der Waals surface area (Å²) in [4.78, 5) is 12.1. The molecule has 30 heavy (non-hydrogen) atoms. The quantitative estimate of drug-likeness (QED) is 0.564. The molecule has 0 radical (unpaired) electrons. The summed E-state index contributed by atoms with van der Waals surface area (Å²) in [6, 6.07) is 2.96. The van der Waals surface area contributed by atoms with Gasteiger partial charge in [-0.3, -0.25) is 4.79 Å². The van der Waals surface area contributed by atoms with Crippen molar-refractivity contribution in [2.45, 2.75) is 31.2 Å². The molecule has 0 aliphatic carbocycles. The van der Waals surface area contributed by atoms with Crippen LogP contribution in [0.2, 0.25) is 0 Å². The third-order valence-corrected chi connectivity index (χ3v) is 10.9. The smallest absolute Gasteiger partial charge is 0.247 e. The molecular weight excluding hydrogens is 456 g/mol. The van der Waals surface area contributed by atoms with Crippen LogP contribution in [-0.4, -0.2) is 72.4 Å². The number of hydrogen-bond donors (Lipinski definition) is 0. The molecule has 2 fully saturated rings. The van der Waals surface area contributed by atoms with Crippen LogP contribution in [0.5, 0.6) is 5.75 Å². The van der Waals surface area contributed by atoms with Crippen molar-refractivity contribution in [3.63, 3.8) is 0 Å². The van der Waals surface area contributed by atoms with Gasteiger partial charge in [0.25, 0.3) is 0 Å². The molecule has 0 unspecified atom stereocenters. The number of hydrogen-bond acceptors (Lipinski definition) is 8. The molecule has 0 saturated carbocycles. The third-order valence-electron chi connectivity index (χ3n) is 5.26. The normalized spacial score (nSPS) is 25.7. The van der Waals surface area contributed by atoms with Gasteiger partial charge >= 0.3 is 0 Å². The minimum absolute atomic E-state index is 0.0217. The highest BCUT2D eigenvalue weighted by Crippen LogP contribution is 2.36. The summed E-state index contributed by atoms with van der Waals surface area (Å²) < 4.78 is 82.2. The number of sulfonamides is 2. The van der Waals surface area contributed by atoms with Crippen LogP contribution in [0.1, 0.15) is 20.3 Å². The molecule has 2 aliphatic heterocycles. The molecule has 1 aromatic carbocycles. The zero-order valence-corrected chi connectivity index (χ0v) is 19.3. The van der Waals surface area contributed by atoms with Crippen molar-refractivity contribution < 1.29 is 34.8 Å². The number of anilines is 1. The fourth-order valence-electron chi connectivity index (χ4n) is 3.83. The van der Waals surface area contributed by atoms with E-state index < -0.39 is 47.8 Å². The van der Waals surface area contributed by atoms with Gasteiger partial charge in [0.15, 0.2) is 9.84 Å². The molecule has 13 heteroatoms. The summed E-state index contributed by atoms with van der Waals surface area (Å²) in [5.41, 5.74) is -0.0983. The van der Waals surface area contributed by atoms with Crippen LogP contribution in [0.25, 0.3) is 0 Å². The Morgan fingerprint density at radius 1 is 1.20 bits per heavy atom. The predicted octanol–water partition coefficient (Wildman–Crippen LogP) is 0.205. The first-order chi connectivity index (χ1) is 13.8. The highest BCUT2D eigenvalue weighted by Gasteiger charge is 2.43. The maximum atomic E-state index is 13.4. The fourth-order valence-corrected chi connectivity index (χ4v) is 9.31. The Balaban J connectivity index is 2.10. The molecule has 3 rings (SSSR count). The summed E-state index contributed by atoms with van der Waals surface area (Å²) in [5, 5.41) is 0. The summed E-state index contributed by atoms with van der Waals surface area (Å²) in [6.07, 6.45) is 0.175. The minimum Gasteiger partial charge on any atom is -0.495 e. The van der Waals surface area contributed by atoms with Gasteiger partial charge in [0.1, 0.15) is 10.6 Å². The van der Waals surface area contributed by atoms with Crippen LogP contribution in [0.15, 0.2) is 23.1 Å². The van der Waals surface area contributed by atoms with Crippen LogP contribution in [-0.2, 0) is 34.7 Å². The number of rotatable bonds is 6. The fraction of sp³-hybridized carbons (Fsp3) is 0.588. The molecule has 0 aromatic heterocycles. The van der Waals surface area contributed by atoms with Crippen LogP contribution in [0.4, 0.5) is 5.69 Å². The maximum Gasteiger partial charge on any atom is 0.247 e. The summed E-state index contributed by atoms with van der Waals surface area (Å²) >= 11 is 0. The van der Waals surface area contributed by atoms with Gasteiger partial charge in [0, 0.05) is 12.6 Å². The number of carbonyl (C=O) groups is 1. The average Bonchev–Trinajstić information content (AvgIpc) is 3.10. The van der Waals surface area contributed by atoms with Crippen molar-refractivity contribution in [2.75, 3.05) is 35.2 Å². The second-order valence-corrected chi connectivity index (χ2v) is 13.3. The highest BCUT2D eigenvalue weighted by molar-refractivity contribution is 7.94. The Labute approximate surface area is 176 Å². The van der Waals surface area contributed by atoms with Crippen LogP contribution in [0.3, 0.4) is 0 Å². The Morgan fingerprint density at radius 3 is 2.33 bits per heavy atom. The Hall–Kier alpha value is -1.70. The first-order valence-corrected chi connectivity index (χ1v) is 14.2. The molecule has 1 aromatic rings. The summed E-state index contributed by atoms with van der Waals surface area (Å²) in [5.74, 6) is -2.15. The number of methoxy groups -OCH3 is 1. The second-order valence-electron chi connectivity index (χ2n) is 7.38. The zero-order valence-electron chi connectivity index (χ0n) is 16.8. The number of amides is 1. The number of ether oxygens (including phenoxy) is 1. The Morgan fingerprint density at radius 2 is 1.87 bits per heavy atom. The lowest BCUT2D eigenvalue weighted by Gasteiger charge is -2.27. The molecule has 2 aliphatic rings. The Kier molecular flexibility index (Phi) is 5.95. The van der Waals surface area contributed by atoms with Gasteiger partial charge < -0.3 is 4.74 Å². The standard InChI is InChI=1S/C17H24N2O8S3/c1-4-18(14-7-8-28(21,22)11-14)30(25,26)16-9-13(5-6-15(16)27-3)19-17(20)12(2)10-29(19,23)24/h5-6,9,12,14H,4,7-8,10-11H2,1-3H3/t12-,14-/m1/s1. The molecule has 2 heterocycles. The van der Waals surface area contributed by atoms with Crippen molar-refractivity contribution in [2.24, 2.45) is 5.92 Å². The highest BCUT2D eigenvalue weighted by atomic mass is 32.2. The lowest BCUT2D eigenvalue weighted by molar-refractivity contribution is -0.119. The van der Waals surface area contributed by atoms with Crippen molar-refractivity contribution in [3.05, 3.63) is 18.2 Å². The lowest BCUT2D eigenvalue weighted by atomic mass is 10.2. The third kappa shape index (κ3) is 3.95. The van der Waals surface area contributed by atoms with Crippen LogP contribution >= 0.6 is 0 Å². The molecule has 10 nitrogen and oxygen atoms in total. The SMILES string of the molecule is CCN([C@@H]1CCS(=O)(=O)C1)S(=O)(=O)c1cc(N2C(=O)[C@H](C)CS2(=O)=O)ccc1OC. The Bertz CT molecular complexity index is 1180. The van der Waals surface area contributed by atoms with Crippen molar-refractivity contribution in [3.8, 4) is 5.75 Å². The van der Waals surface area contributed by atoms with Gasteiger partial charge in [-0.05, 0) is 24.6 Å². The predicted molar refractivity (Wildman–Crippen MR) is 110 cm³/mol. The monoisotopic (exact) mass is 480 g/mol. The van der Waals surface area contributed by atoms with E-state index in [1.807, 2.05) is 0 Å². The van der Waals surface area contributed by atoms with E-state index in [1.165, 1.54) is 26.2 Å². The van der Waals surface area contributed by atoms with E-state index in [9.17, 15) is 30.0 Å². The van der Waals surface area contributed by atoms with Crippen molar-refractivity contribution in [1.29, 1.82) is 0 Å². The largest absolute Gasteiger partial charge is 0.495 e. The molecule has 2 saturated heterocycles. The topological polar surface area (TPSA) is 135 Å². The van der Waals surface area contributed by atoms with E-state index in [1.54, 1.807) is 6.92 Å². The first-order valence-electron chi connectivity index (χ1n) is 9.31.